The molecule has 0 aromatic heterocycles. The van der Waals surface area contributed by atoms with Crippen LogP contribution in [0.3, 0.4) is 0 Å². The van der Waals surface area contributed by atoms with E-state index in [1.165, 1.54) is 6.07 Å². The van der Waals surface area contributed by atoms with E-state index in [0.29, 0.717) is 0 Å². The van der Waals surface area contributed by atoms with Crippen LogP contribution in [0.1, 0.15) is 23.2 Å². The van der Waals surface area contributed by atoms with Crippen molar-refractivity contribution in [2.45, 2.75) is 18.9 Å². The number of benzene rings is 2. The van der Waals surface area contributed by atoms with Crippen LogP contribution in [-0.4, -0.2) is 25.1 Å². The summed E-state index contributed by atoms with van der Waals surface area (Å²) < 4.78 is 32.9. The van der Waals surface area contributed by atoms with E-state index in [1.54, 1.807) is 12.1 Å². The van der Waals surface area contributed by atoms with E-state index in [-0.39, 0.29) is 34.0 Å². The van der Waals surface area contributed by atoms with Gasteiger partial charge >= 0.3 is 0 Å². The molecule has 2 aromatic rings. The molecule has 1 heterocycles. The van der Waals surface area contributed by atoms with Gasteiger partial charge in [0.2, 0.25) is 0 Å². The average Bonchev–Trinajstić information content (AvgIpc) is 3.06. The summed E-state index contributed by atoms with van der Waals surface area (Å²) in [5.41, 5.74) is 5.60. The van der Waals surface area contributed by atoms with Gasteiger partial charge in [0.1, 0.15) is 24.0 Å². The molecule has 1 aliphatic rings. The maximum absolute atomic E-state index is 13.9. The molecule has 1 atom stereocenters. The molecule has 26 heavy (non-hydrogen) atoms. The van der Waals surface area contributed by atoms with E-state index >= 15 is 0 Å². The molecule has 0 radical (unpaired) electrons. The third-order valence-electron chi connectivity index (χ3n) is 4.33. The van der Waals surface area contributed by atoms with E-state index in [1.807, 2.05) is 0 Å². The molecule has 3 rings (SSSR count). The number of nitrogens with two attached hydrogens (primary N) is 1. The number of hydrogen-bond donors (Lipinski definition) is 1. The second kappa shape index (κ2) is 7.68. The molecule has 0 aliphatic carbocycles. The van der Waals surface area contributed by atoms with Gasteiger partial charge in [-0.3, -0.25) is 4.79 Å². The number of halogens is 4. The van der Waals surface area contributed by atoms with Gasteiger partial charge < -0.3 is 15.4 Å². The van der Waals surface area contributed by atoms with Crippen molar-refractivity contribution in [1.29, 1.82) is 0 Å². The minimum absolute atomic E-state index is 0.00599. The highest BCUT2D eigenvalue weighted by atomic mass is 35.5. The number of carbonyl (C=O) groups is 1. The largest absolute Gasteiger partial charge is 0.490 e. The Kier molecular flexibility index (Phi) is 5.53. The second-order valence-electron chi connectivity index (χ2n) is 6.03. The van der Waals surface area contributed by atoms with Gasteiger partial charge in [0.05, 0.1) is 21.7 Å². The lowest BCUT2D eigenvalue weighted by Crippen LogP contribution is -2.34. The van der Waals surface area contributed by atoms with Crippen LogP contribution in [0.4, 0.5) is 14.5 Å². The minimum atomic E-state index is -0.897. The Balaban J connectivity index is 1.73. The van der Waals surface area contributed by atoms with Crippen LogP contribution >= 0.6 is 23.2 Å². The smallest absolute Gasteiger partial charge is 0.251 e. The van der Waals surface area contributed by atoms with Crippen LogP contribution in [-0.2, 0) is 0 Å². The number of rotatable bonds is 5. The Morgan fingerprint density at radius 1 is 1.19 bits per heavy atom. The molecular formula is C18H16Cl2F2N2O2. The SMILES string of the molecule is NC(=O)c1cc(Cl)c(OC[C@H]2CCCN2c2ccc(F)c(Cl)c2)cc1F. The molecule has 1 aliphatic heterocycles. The fourth-order valence-electron chi connectivity index (χ4n) is 3.03. The summed E-state index contributed by atoms with van der Waals surface area (Å²) in [6.45, 7) is 1.03. The second-order valence-corrected chi connectivity index (χ2v) is 6.84. The highest BCUT2D eigenvalue weighted by Gasteiger charge is 2.26. The number of carbonyl (C=O) groups excluding carboxylic acids is 1. The number of hydrogen-bond acceptors (Lipinski definition) is 3. The van der Waals surface area contributed by atoms with Crippen molar-refractivity contribution in [3.8, 4) is 5.75 Å². The van der Waals surface area contributed by atoms with Gasteiger partial charge in [-0.2, -0.15) is 0 Å². The highest BCUT2D eigenvalue weighted by Crippen LogP contribution is 2.31. The van der Waals surface area contributed by atoms with Gasteiger partial charge in [-0.25, -0.2) is 8.78 Å². The fraction of sp³-hybridized carbons (Fsp3) is 0.278. The van der Waals surface area contributed by atoms with Crippen molar-refractivity contribution in [3.05, 3.63) is 57.6 Å². The van der Waals surface area contributed by atoms with Crippen LogP contribution in [0.25, 0.3) is 0 Å². The summed E-state index contributed by atoms with van der Waals surface area (Å²) in [4.78, 5) is 13.2. The summed E-state index contributed by atoms with van der Waals surface area (Å²) in [5.74, 6) is -2.02. The Hall–Kier alpha value is -2.05. The maximum atomic E-state index is 13.9. The lowest BCUT2D eigenvalue weighted by Gasteiger charge is -2.27. The first-order chi connectivity index (χ1) is 12.4. The molecule has 138 valence electrons. The number of ether oxygens (including phenoxy) is 1. The fourth-order valence-corrected chi connectivity index (χ4v) is 3.42. The molecule has 4 nitrogen and oxygen atoms in total. The van der Waals surface area contributed by atoms with Gasteiger partial charge in [0, 0.05) is 18.3 Å². The van der Waals surface area contributed by atoms with Gasteiger partial charge in [0.15, 0.2) is 0 Å². The Morgan fingerprint density at radius 2 is 1.96 bits per heavy atom. The highest BCUT2D eigenvalue weighted by molar-refractivity contribution is 6.32. The Labute approximate surface area is 159 Å². The molecule has 1 amide bonds. The first-order valence-electron chi connectivity index (χ1n) is 8.00. The lowest BCUT2D eigenvalue weighted by atomic mass is 10.2. The van der Waals surface area contributed by atoms with Crippen molar-refractivity contribution >= 4 is 34.8 Å². The molecule has 0 spiro atoms. The zero-order chi connectivity index (χ0) is 18.8. The predicted molar refractivity (Wildman–Crippen MR) is 97.2 cm³/mol. The molecule has 1 fully saturated rings. The van der Waals surface area contributed by atoms with Crippen LogP contribution in [0.5, 0.6) is 5.75 Å². The minimum Gasteiger partial charge on any atom is -0.490 e. The summed E-state index contributed by atoms with van der Waals surface area (Å²) in [6, 6.07) is 6.77. The summed E-state index contributed by atoms with van der Waals surface area (Å²) in [6.07, 6.45) is 1.79. The van der Waals surface area contributed by atoms with Crippen molar-refractivity contribution in [3.63, 3.8) is 0 Å². The molecule has 0 saturated carbocycles. The first-order valence-corrected chi connectivity index (χ1v) is 8.75. The standard InChI is InChI=1S/C18H16Cl2F2N2O2/c19-13-6-10(3-4-15(13)21)24-5-1-2-11(24)9-26-17-8-16(22)12(18(23)25)7-14(17)20/h3-4,6-8,11H,1-2,5,9H2,(H2,23,25)/t11-/m1/s1. The van der Waals surface area contributed by atoms with Gasteiger partial charge in [-0.15, -0.1) is 0 Å². The topological polar surface area (TPSA) is 55.6 Å². The summed E-state index contributed by atoms with van der Waals surface area (Å²) >= 11 is 11.9. The number of nitrogens with zero attached hydrogens (tertiary/aromatic N) is 1. The number of amides is 1. The molecule has 2 aromatic carbocycles. The predicted octanol–water partition coefficient (Wildman–Crippen LogP) is 4.42. The van der Waals surface area contributed by atoms with Crippen molar-refractivity contribution in [1.82, 2.24) is 0 Å². The van der Waals surface area contributed by atoms with Crippen LogP contribution in [0.15, 0.2) is 30.3 Å². The molecule has 0 unspecified atom stereocenters. The summed E-state index contributed by atoms with van der Waals surface area (Å²) in [5, 5.41) is 0.163. The van der Waals surface area contributed by atoms with Gasteiger partial charge in [-0.1, -0.05) is 23.2 Å². The van der Waals surface area contributed by atoms with Crippen molar-refractivity contribution in [2.24, 2.45) is 5.73 Å². The van der Waals surface area contributed by atoms with Crippen LogP contribution < -0.4 is 15.4 Å². The van der Waals surface area contributed by atoms with E-state index in [2.05, 4.69) is 4.90 Å². The number of anilines is 1. The van der Waals surface area contributed by atoms with E-state index in [9.17, 15) is 13.6 Å². The van der Waals surface area contributed by atoms with E-state index < -0.39 is 17.5 Å². The van der Waals surface area contributed by atoms with Crippen LogP contribution in [0, 0.1) is 11.6 Å². The monoisotopic (exact) mass is 400 g/mol. The molecule has 8 heteroatoms. The average molecular weight is 401 g/mol. The molecule has 0 bridgehead atoms. The zero-order valence-corrected chi connectivity index (χ0v) is 15.2. The third-order valence-corrected chi connectivity index (χ3v) is 4.92. The number of primary amides is 1. The van der Waals surface area contributed by atoms with Crippen molar-refractivity contribution in [2.75, 3.05) is 18.1 Å². The van der Waals surface area contributed by atoms with Crippen molar-refractivity contribution < 1.29 is 18.3 Å². The Morgan fingerprint density at radius 3 is 2.65 bits per heavy atom. The summed E-state index contributed by atoms with van der Waals surface area (Å²) in [7, 11) is 0. The van der Waals surface area contributed by atoms with E-state index in [0.717, 1.165) is 37.2 Å². The van der Waals surface area contributed by atoms with E-state index in [4.69, 9.17) is 33.7 Å². The first kappa shape index (κ1) is 18.7. The molecule has 1 saturated heterocycles. The lowest BCUT2D eigenvalue weighted by molar-refractivity contribution is 0.0996. The van der Waals surface area contributed by atoms with Gasteiger partial charge in [-0.05, 0) is 37.1 Å². The normalized spacial score (nSPS) is 16.8. The van der Waals surface area contributed by atoms with Crippen LogP contribution in [0.2, 0.25) is 10.0 Å². The zero-order valence-electron chi connectivity index (χ0n) is 13.6. The third kappa shape index (κ3) is 3.86. The molecular weight excluding hydrogens is 385 g/mol. The maximum Gasteiger partial charge on any atom is 0.251 e. The quantitative estimate of drug-likeness (QED) is 0.807. The van der Waals surface area contributed by atoms with Gasteiger partial charge in [0.25, 0.3) is 5.91 Å². The molecule has 2 N–H and O–H groups in total. The Bertz CT molecular complexity index is 848.